The molecule has 1 saturated heterocycles. The average Bonchev–Trinajstić information content (AvgIpc) is 3.23. The Morgan fingerprint density at radius 3 is 2.20 bits per heavy atom. The van der Waals surface area contributed by atoms with Gasteiger partial charge in [0.15, 0.2) is 5.54 Å². The van der Waals surface area contributed by atoms with Crippen molar-refractivity contribution in [3.05, 3.63) is 59.7 Å². The zero-order valence-corrected chi connectivity index (χ0v) is 24.3. The van der Waals surface area contributed by atoms with Gasteiger partial charge in [0.2, 0.25) is 0 Å². The first-order valence-corrected chi connectivity index (χ1v) is 14.5. The maximum atomic E-state index is 14.0. The van der Waals surface area contributed by atoms with E-state index in [1.54, 1.807) is 20.8 Å². The Hall–Kier alpha value is -3.59. The molecule has 2 aromatic carbocycles. The van der Waals surface area contributed by atoms with Crippen molar-refractivity contribution in [1.82, 2.24) is 9.80 Å². The van der Waals surface area contributed by atoms with Gasteiger partial charge in [-0.05, 0) is 75.6 Å². The normalized spacial score (nSPS) is 23.7. The number of likely N-dealkylation sites (tertiary alicyclic amines) is 1. The van der Waals surface area contributed by atoms with Crippen molar-refractivity contribution < 1.29 is 33.7 Å². The number of carbonyl (C=O) groups is 3. The predicted octanol–water partition coefficient (Wildman–Crippen LogP) is 5.66. The molecule has 41 heavy (non-hydrogen) atoms. The minimum absolute atomic E-state index is 0.0507. The van der Waals surface area contributed by atoms with Crippen LogP contribution in [0.2, 0.25) is 0 Å². The first-order valence-electron chi connectivity index (χ1n) is 14.5. The number of aliphatic carboxylic acids is 1. The van der Waals surface area contributed by atoms with E-state index < -0.39 is 29.3 Å². The third-order valence-electron chi connectivity index (χ3n) is 8.35. The van der Waals surface area contributed by atoms with Crippen LogP contribution in [0.15, 0.2) is 48.5 Å². The number of hydrogen-bond acceptors (Lipinski definition) is 6. The molecule has 1 N–H and O–H groups in total. The van der Waals surface area contributed by atoms with Gasteiger partial charge >= 0.3 is 18.2 Å². The van der Waals surface area contributed by atoms with E-state index in [4.69, 9.17) is 14.2 Å². The highest BCUT2D eigenvalue weighted by Crippen LogP contribution is 2.45. The van der Waals surface area contributed by atoms with Crippen molar-refractivity contribution >= 4 is 18.2 Å². The monoisotopic (exact) mass is 564 g/mol. The molecule has 1 heterocycles. The molecule has 9 nitrogen and oxygen atoms in total. The van der Waals surface area contributed by atoms with E-state index >= 15 is 0 Å². The summed E-state index contributed by atoms with van der Waals surface area (Å²) in [5, 5.41) is 10.7. The number of piperidine rings is 1. The summed E-state index contributed by atoms with van der Waals surface area (Å²) in [6, 6.07) is 15.8. The Labute approximate surface area is 241 Å². The predicted molar refractivity (Wildman–Crippen MR) is 153 cm³/mol. The van der Waals surface area contributed by atoms with E-state index in [1.807, 2.05) is 43.3 Å². The molecule has 2 fully saturated rings. The lowest BCUT2D eigenvalue weighted by molar-refractivity contribution is -0.161. The molecule has 3 aliphatic rings. The van der Waals surface area contributed by atoms with Gasteiger partial charge in [-0.15, -0.1) is 0 Å². The number of carboxylic acids is 1. The van der Waals surface area contributed by atoms with E-state index in [0.29, 0.717) is 32.4 Å². The number of amides is 2. The first kappa shape index (κ1) is 28.9. The summed E-state index contributed by atoms with van der Waals surface area (Å²) < 4.78 is 17.3. The fourth-order valence-electron chi connectivity index (χ4n) is 6.45. The van der Waals surface area contributed by atoms with Gasteiger partial charge in [-0.25, -0.2) is 14.4 Å². The molecule has 1 aliphatic heterocycles. The largest absolute Gasteiger partial charge is 0.479 e. The summed E-state index contributed by atoms with van der Waals surface area (Å²) in [6.45, 7) is 8.02. The fraction of sp³-hybridized carbons (Fsp3) is 0.531. The molecule has 5 rings (SSSR count). The highest BCUT2D eigenvalue weighted by atomic mass is 16.6. The number of nitrogens with zero attached hydrogens (tertiary/aromatic N) is 2. The van der Waals surface area contributed by atoms with E-state index in [9.17, 15) is 19.5 Å². The topological polar surface area (TPSA) is 106 Å². The van der Waals surface area contributed by atoms with Crippen molar-refractivity contribution in [2.24, 2.45) is 0 Å². The van der Waals surface area contributed by atoms with E-state index in [1.165, 1.54) is 9.80 Å². The van der Waals surface area contributed by atoms with Crippen LogP contribution in [-0.2, 0) is 19.0 Å². The summed E-state index contributed by atoms with van der Waals surface area (Å²) in [6.07, 6.45) is 0.336. The van der Waals surface area contributed by atoms with Crippen LogP contribution in [-0.4, -0.2) is 82.7 Å². The van der Waals surface area contributed by atoms with E-state index in [2.05, 4.69) is 12.1 Å². The SMILES string of the molecule is CCOC1CC(N(C(=O)OCC2c3ccccc3-c3ccccc32)C2(C(=O)O)CCCN(C(=O)OC(C)(C)C)C2)C1. The lowest BCUT2D eigenvalue weighted by atomic mass is 9.80. The third-order valence-corrected chi connectivity index (χ3v) is 8.35. The summed E-state index contributed by atoms with van der Waals surface area (Å²) in [4.78, 5) is 42.9. The summed E-state index contributed by atoms with van der Waals surface area (Å²) in [5.41, 5.74) is 2.01. The van der Waals surface area contributed by atoms with Gasteiger partial charge < -0.3 is 24.2 Å². The van der Waals surface area contributed by atoms with Gasteiger partial charge in [0, 0.05) is 25.1 Å². The quantitative estimate of drug-likeness (QED) is 0.463. The van der Waals surface area contributed by atoms with Crippen LogP contribution in [0, 0.1) is 0 Å². The number of carboxylic acid groups (broad SMARTS) is 1. The van der Waals surface area contributed by atoms with E-state index in [-0.39, 0.29) is 37.6 Å². The molecule has 2 amide bonds. The van der Waals surface area contributed by atoms with Gasteiger partial charge in [0.1, 0.15) is 12.2 Å². The van der Waals surface area contributed by atoms with Crippen molar-refractivity contribution in [3.63, 3.8) is 0 Å². The van der Waals surface area contributed by atoms with Crippen LogP contribution >= 0.6 is 0 Å². The number of benzene rings is 2. The highest BCUT2D eigenvalue weighted by Gasteiger charge is 2.56. The molecule has 9 heteroatoms. The number of carbonyl (C=O) groups excluding carboxylic acids is 2. The zero-order chi connectivity index (χ0) is 29.4. The van der Waals surface area contributed by atoms with Gasteiger partial charge in [-0.1, -0.05) is 48.5 Å². The molecule has 0 aromatic heterocycles. The summed E-state index contributed by atoms with van der Waals surface area (Å²) in [7, 11) is 0. The molecule has 0 spiro atoms. The molecule has 220 valence electrons. The van der Waals surface area contributed by atoms with Crippen molar-refractivity contribution in [1.29, 1.82) is 0 Å². The Balaban J connectivity index is 1.41. The second kappa shape index (κ2) is 11.4. The third kappa shape index (κ3) is 5.64. The maximum Gasteiger partial charge on any atom is 0.411 e. The number of hydrogen-bond donors (Lipinski definition) is 1. The molecule has 2 aliphatic carbocycles. The summed E-state index contributed by atoms with van der Waals surface area (Å²) >= 11 is 0. The molecular formula is C32H40N2O7. The van der Waals surface area contributed by atoms with Crippen molar-refractivity contribution in [2.45, 2.75) is 82.6 Å². The van der Waals surface area contributed by atoms with Gasteiger partial charge in [0.05, 0.1) is 12.6 Å². The number of ether oxygens (including phenoxy) is 3. The molecule has 1 saturated carbocycles. The van der Waals surface area contributed by atoms with Crippen LogP contribution in [0.5, 0.6) is 0 Å². The molecule has 1 atom stereocenters. The van der Waals surface area contributed by atoms with Crippen LogP contribution < -0.4 is 0 Å². The smallest absolute Gasteiger partial charge is 0.411 e. The second-order valence-electron chi connectivity index (χ2n) is 12.2. The van der Waals surface area contributed by atoms with Crippen LogP contribution in [0.4, 0.5) is 9.59 Å². The Bertz CT molecular complexity index is 1250. The van der Waals surface area contributed by atoms with E-state index in [0.717, 1.165) is 22.3 Å². The lowest BCUT2D eigenvalue weighted by Crippen LogP contribution is -2.70. The molecule has 0 radical (unpaired) electrons. The Kier molecular flexibility index (Phi) is 8.01. The first-order chi connectivity index (χ1) is 19.5. The average molecular weight is 565 g/mol. The van der Waals surface area contributed by atoms with Crippen LogP contribution in [0.3, 0.4) is 0 Å². The van der Waals surface area contributed by atoms with Crippen LogP contribution in [0.1, 0.15) is 70.4 Å². The van der Waals surface area contributed by atoms with Gasteiger partial charge in [-0.2, -0.15) is 0 Å². The molecule has 0 bridgehead atoms. The number of fused-ring (bicyclic) bond motifs is 3. The summed E-state index contributed by atoms with van der Waals surface area (Å²) in [5.74, 6) is -1.31. The molecular weight excluding hydrogens is 524 g/mol. The minimum atomic E-state index is -1.64. The Morgan fingerprint density at radius 1 is 1.02 bits per heavy atom. The van der Waals surface area contributed by atoms with Gasteiger partial charge in [0.25, 0.3) is 0 Å². The van der Waals surface area contributed by atoms with Crippen molar-refractivity contribution in [2.75, 3.05) is 26.3 Å². The molecule has 2 aromatic rings. The standard InChI is InChI=1S/C32H40N2O7/c1-5-39-22-17-21(18-22)34(32(28(35)36)15-10-16-33(20-32)29(37)41-31(2,3)4)30(38)40-19-27-25-13-8-6-11-23(25)24-12-7-9-14-26(24)27/h6-9,11-14,21-22,27H,5,10,15-20H2,1-4H3,(H,35,36). The lowest BCUT2D eigenvalue weighted by Gasteiger charge is -2.52. The zero-order valence-electron chi connectivity index (χ0n) is 24.3. The maximum absolute atomic E-state index is 14.0. The Morgan fingerprint density at radius 2 is 1.63 bits per heavy atom. The van der Waals surface area contributed by atoms with Gasteiger partial charge in [-0.3, -0.25) is 4.90 Å². The number of rotatable bonds is 7. The second-order valence-corrected chi connectivity index (χ2v) is 12.2. The fourth-order valence-corrected chi connectivity index (χ4v) is 6.45. The minimum Gasteiger partial charge on any atom is -0.479 e. The van der Waals surface area contributed by atoms with Crippen LogP contribution in [0.25, 0.3) is 11.1 Å². The molecule has 1 unspecified atom stereocenters. The highest BCUT2D eigenvalue weighted by molar-refractivity contribution is 5.86. The van der Waals surface area contributed by atoms with Crippen molar-refractivity contribution in [3.8, 4) is 11.1 Å².